The topological polar surface area (TPSA) is 103 Å². The van der Waals surface area contributed by atoms with Crippen molar-refractivity contribution >= 4 is 5.91 Å². The second kappa shape index (κ2) is 8.34. The molecular weight excluding hydrogens is 364 g/mol. The Morgan fingerprint density at radius 1 is 1.04 bits per heavy atom. The van der Waals surface area contributed by atoms with Gasteiger partial charge in [-0.15, -0.1) is 0 Å². The van der Waals surface area contributed by atoms with Gasteiger partial charge in [-0.25, -0.2) is 0 Å². The van der Waals surface area contributed by atoms with Gasteiger partial charge in [-0.2, -0.15) is 0 Å². The van der Waals surface area contributed by atoms with E-state index >= 15 is 0 Å². The second-order valence-electron chi connectivity index (χ2n) is 5.77. The molecule has 0 atom stereocenters. The van der Waals surface area contributed by atoms with Crippen molar-refractivity contribution in [2.45, 2.75) is 6.54 Å². The lowest BCUT2D eigenvalue weighted by molar-refractivity contribution is 0.0949. The molecule has 1 aromatic carbocycles. The number of pyridine rings is 1. The van der Waals surface area contributed by atoms with Gasteiger partial charge >= 0.3 is 0 Å². The number of hydrogen-bond acceptors (Lipinski definition) is 6. The zero-order valence-electron chi connectivity index (χ0n) is 15.7. The molecule has 0 radical (unpaired) electrons. The minimum Gasteiger partial charge on any atom is -0.493 e. The Kier molecular flexibility index (Phi) is 5.69. The van der Waals surface area contributed by atoms with Crippen LogP contribution in [0.15, 0.2) is 51.9 Å². The van der Waals surface area contributed by atoms with E-state index < -0.39 is 11.5 Å². The van der Waals surface area contributed by atoms with Crippen molar-refractivity contribution in [1.29, 1.82) is 0 Å². The average Bonchev–Trinajstić information content (AvgIpc) is 3.25. The third-order valence-corrected chi connectivity index (χ3v) is 4.17. The van der Waals surface area contributed by atoms with Crippen molar-refractivity contribution in [3.63, 3.8) is 0 Å². The molecule has 0 aliphatic rings. The normalized spacial score (nSPS) is 10.4. The van der Waals surface area contributed by atoms with Gasteiger partial charge in [-0.3, -0.25) is 9.59 Å². The summed E-state index contributed by atoms with van der Waals surface area (Å²) >= 11 is 0. The van der Waals surface area contributed by atoms with Gasteiger partial charge in [0.15, 0.2) is 11.5 Å². The molecular formula is C20H20N2O6. The van der Waals surface area contributed by atoms with Crippen molar-refractivity contribution in [3.05, 3.63) is 64.1 Å². The third kappa shape index (κ3) is 3.71. The van der Waals surface area contributed by atoms with Gasteiger partial charge in [0, 0.05) is 12.1 Å². The van der Waals surface area contributed by atoms with E-state index in [9.17, 15) is 9.59 Å². The van der Waals surface area contributed by atoms with Crippen molar-refractivity contribution < 1.29 is 23.4 Å². The number of hydrogen-bond donors (Lipinski definition) is 2. The molecule has 0 saturated heterocycles. The number of rotatable bonds is 7. The highest BCUT2D eigenvalue weighted by atomic mass is 16.5. The Morgan fingerprint density at radius 3 is 2.43 bits per heavy atom. The number of aromatic nitrogens is 1. The Bertz CT molecular complexity index is 1020. The summed E-state index contributed by atoms with van der Waals surface area (Å²) in [5.41, 5.74) is 0.658. The fraction of sp³-hybridized carbons (Fsp3) is 0.200. The number of nitrogens with one attached hydrogen (secondary N) is 2. The fourth-order valence-corrected chi connectivity index (χ4v) is 2.80. The van der Waals surface area contributed by atoms with Gasteiger partial charge < -0.3 is 28.9 Å². The standard InChI is InChI=1S/C20H20N2O6/c1-25-16-9-6-12(17(26-2)18(16)27-3)11-21-19(23)13-7-8-14(22-20(13)24)15-5-4-10-28-15/h4-10H,11H2,1-3H3,(H,21,23)(H,22,24). The Morgan fingerprint density at radius 2 is 1.82 bits per heavy atom. The minimum absolute atomic E-state index is 0.00486. The maximum atomic E-state index is 12.5. The minimum atomic E-state index is -0.510. The summed E-state index contributed by atoms with van der Waals surface area (Å²) in [5.74, 6) is 1.39. The number of benzene rings is 1. The molecule has 0 bridgehead atoms. The predicted molar refractivity (Wildman–Crippen MR) is 102 cm³/mol. The SMILES string of the molecule is COc1ccc(CNC(=O)c2ccc(-c3ccco3)[nH]c2=O)c(OC)c1OC. The Labute approximate surface area is 161 Å². The van der Waals surface area contributed by atoms with E-state index in [0.717, 1.165) is 0 Å². The number of furan rings is 1. The molecule has 0 fully saturated rings. The summed E-state index contributed by atoms with van der Waals surface area (Å²) in [6, 6.07) is 9.97. The monoisotopic (exact) mass is 384 g/mol. The first-order valence-corrected chi connectivity index (χ1v) is 8.42. The lowest BCUT2D eigenvalue weighted by atomic mass is 10.1. The molecule has 2 heterocycles. The average molecular weight is 384 g/mol. The molecule has 28 heavy (non-hydrogen) atoms. The third-order valence-electron chi connectivity index (χ3n) is 4.17. The van der Waals surface area contributed by atoms with Crippen LogP contribution < -0.4 is 25.1 Å². The quantitative estimate of drug-likeness (QED) is 0.649. The highest BCUT2D eigenvalue weighted by Gasteiger charge is 2.17. The van der Waals surface area contributed by atoms with E-state index in [-0.39, 0.29) is 12.1 Å². The molecule has 3 aromatic rings. The molecule has 8 nitrogen and oxygen atoms in total. The molecule has 0 saturated carbocycles. The highest BCUT2D eigenvalue weighted by molar-refractivity contribution is 5.94. The van der Waals surface area contributed by atoms with E-state index in [2.05, 4.69) is 10.3 Å². The van der Waals surface area contributed by atoms with Gasteiger partial charge in [-0.05, 0) is 36.4 Å². The molecule has 0 unspecified atom stereocenters. The van der Waals surface area contributed by atoms with Crippen molar-refractivity contribution in [3.8, 4) is 28.7 Å². The summed E-state index contributed by atoms with van der Waals surface area (Å²) in [5, 5.41) is 2.72. The van der Waals surface area contributed by atoms with Gasteiger partial charge in [0.1, 0.15) is 11.3 Å². The Hall–Kier alpha value is -3.68. The summed E-state index contributed by atoms with van der Waals surface area (Å²) < 4.78 is 21.2. The highest BCUT2D eigenvalue weighted by Crippen LogP contribution is 2.39. The molecule has 0 aliphatic carbocycles. The molecule has 2 aromatic heterocycles. The largest absolute Gasteiger partial charge is 0.493 e. The van der Waals surface area contributed by atoms with Crippen LogP contribution in [0.1, 0.15) is 15.9 Å². The van der Waals surface area contributed by atoms with Crippen molar-refractivity contribution in [2.24, 2.45) is 0 Å². The molecule has 146 valence electrons. The van der Waals surface area contributed by atoms with E-state index in [1.807, 2.05) is 0 Å². The summed E-state index contributed by atoms with van der Waals surface area (Å²) in [6.45, 7) is 0.141. The van der Waals surface area contributed by atoms with Crippen LogP contribution in [0.3, 0.4) is 0 Å². The van der Waals surface area contributed by atoms with Crippen LogP contribution >= 0.6 is 0 Å². The lowest BCUT2D eigenvalue weighted by Crippen LogP contribution is -2.29. The van der Waals surface area contributed by atoms with Crippen LogP contribution in [-0.4, -0.2) is 32.2 Å². The molecule has 0 aliphatic heterocycles. The molecule has 0 spiro atoms. The van der Waals surface area contributed by atoms with E-state index in [1.165, 1.54) is 33.7 Å². The van der Waals surface area contributed by atoms with Gasteiger partial charge in [0.25, 0.3) is 11.5 Å². The van der Waals surface area contributed by atoms with Crippen molar-refractivity contribution in [1.82, 2.24) is 10.3 Å². The van der Waals surface area contributed by atoms with Gasteiger partial charge in [-0.1, -0.05) is 0 Å². The first kappa shape index (κ1) is 19.1. The van der Waals surface area contributed by atoms with Gasteiger partial charge in [0.2, 0.25) is 5.75 Å². The first-order chi connectivity index (χ1) is 13.6. The first-order valence-electron chi connectivity index (χ1n) is 8.42. The summed E-state index contributed by atoms with van der Waals surface area (Å²) in [7, 11) is 4.53. The number of H-pyrrole nitrogens is 1. The molecule has 3 rings (SSSR count). The van der Waals surface area contributed by atoms with Crippen LogP contribution in [0.2, 0.25) is 0 Å². The number of aromatic amines is 1. The summed E-state index contributed by atoms with van der Waals surface area (Å²) in [6.07, 6.45) is 1.50. The van der Waals surface area contributed by atoms with Crippen LogP contribution in [0.25, 0.3) is 11.5 Å². The smallest absolute Gasteiger partial charge is 0.261 e. The van der Waals surface area contributed by atoms with Gasteiger partial charge in [0.05, 0.1) is 33.3 Å². The zero-order chi connectivity index (χ0) is 20.1. The second-order valence-corrected chi connectivity index (χ2v) is 5.77. The van der Waals surface area contributed by atoms with Crippen LogP contribution in [0.5, 0.6) is 17.2 Å². The van der Waals surface area contributed by atoms with Crippen molar-refractivity contribution in [2.75, 3.05) is 21.3 Å². The molecule has 8 heteroatoms. The van der Waals surface area contributed by atoms with Crippen LogP contribution in [0.4, 0.5) is 0 Å². The number of carbonyl (C=O) groups is 1. The van der Waals surface area contributed by atoms with E-state index in [0.29, 0.717) is 34.3 Å². The van der Waals surface area contributed by atoms with Crippen LogP contribution in [-0.2, 0) is 6.54 Å². The number of ether oxygens (including phenoxy) is 3. The molecule has 2 N–H and O–H groups in total. The Balaban J connectivity index is 1.78. The van der Waals surface area contributed by atoms with E-state index in [1.54, 1.807) is 30.3 Å². The van der Waals surface area contributed by atoms with Crippen LogP contribution in [0, 0.1) is 0 Å². The number of methoxy groups -OCH3 is 3. The maximum Gasteiger partial charge on any atom is 0.261 e. The summed E-state index contributed by atoms with van der Waals surface area (Å²) in [4.78, 5) is 27.4. The fourth-order valence-electron chi connectivity index (χ4n) is 2.80. The number of carbonyl (C=O) groups excluding carboxylic acids is 1. The predicted octanol–water partition coefficient (Wildman–Crippen LogP) is 2.59. The molecule has 1 amide bonds. The zero-order valence-corrected chi connectivity index (χ0v) is 15.7. The lowest BCUT2D eigenvalue weighted by Gasteiger charge is -2.16. The number of amides is 1. The van der Waals surface area contributed by atoms with E-state index in [4.69, 9.17) is 18.6 Å². The maximum absolute atomic E-state index is 12.5.